The second kappa shape index (κ2) is 13.7. The number of halogens is 1. The molecule has 15 heteroatoms. The van der Waals surface area contributed by atoms with E-state index in [-0.39, 0.29) is 51.8 Å². The largest absolute Gasteiger partial charge is 0.465 e. The number of fused-ring (bicyclic) bond motifs is 1. The standard InChI is InChI=1S/C33H31FN4O9S/c1-18(39)22-5-3-4-19(12-22)15-35-28(40)16-36-29(41)17-38(48(2,45)46)26-14-27-25(13-24(26)20-6-7-20)30(32(42)37-33(43)44)31(47-27)21-8-10-23(34)11-9-21/h3-5,8-14,20H,6-7,15-17H2,1-2H3,(H,35,40)(H,36,41)(H,37,42)(H,43,44). The summed E-state index contributed by atoms with van der Waals surface area (Å²) >= 11 is 0. The van der Waals surface area contributed by atoms with E-state index in [1.165, 1.54) is 25.1 Å². The minimum absolute atomic E-state index is 0.0199. The molecule has 1 aliphatic carbocycles. The predicted octanol–water partition coefficient (Wildman–Crippen LogP) is 3.93. The molecule has 4 aromatic rings. The number of imide groups is 1. The van der Waals surface area contributed by atoms with Crippen molar-refractivity contribution in [1.29, 1.82) is 0 Å². The number of nitrogens with one attached hydrogen (secondary N) is 3. The fraction of sp³-hybridized carbons (Fsp3) is 0.242. The molecule has 4 N–H and O–H groups in total. The third kappa shape index (κ3) is 7.86. The number of carbonyl (C=O) groups excluding carboxylic acids is 4. The van der Waals surface area contributed by atoms with E-state index in [0.717, 1.165) is 22.7 Å². The topological polar surface area (TPSA) is 192 Å². The Morgan fingerprint density at radius 2 is 1.69 bits per heavy atom. The number of benzene rings is 3. The van der Waals surface area contributed by atoms with Crippen LogP contribution < -0.4 is 20.3 Å². The molecule has 1 aromatic heterocycles. The monoisotopic (exact) mass is 678 g/mol. The van der Waals surface area contributed by atoms with E-state index in [1.807, 2.05) is 0 Å². The number of nitrogens with zero attached hydrogens (tertiary/aromatic N) is 1. The van der Waals surface area contributed by atoms with Gasteiger partial charge in [0, 0.05) is 29.1 Å². The van der Waals surface area contributed by atoms with Gasteiger partial charge in [0.15, 0.2) is 5.78 Å². The average Bonchev–Trinajstić information content (AvgIpc) is 3.80. The van der Waals surface area contributed by atoms with Crippen LogP contribution in [0.3, 0.4) is 0 Å². The van der Waals surface area contributed by atoms with Gasteiger partial charge in [-0.15, -0.1) is 0 Å². The Hall–Kier alpha value is -5.57. The van der Waals surface area contributed by atoms with Crippen LogP contribution in [0.15, 0.2) is 65.1 Å². The summed E-state index contributed by atoms with van der Waals surface area (Å²) in [6, 6.07) is 14.6. The Morgan fingerprint density at radius 1 is 0.979 bits per heavy atom. The number of Topliss-reactive ketones (excluding diaryl/α,β-unsaturated/α-hetero) is 1. The van der Waals surface area contributed by atoms with Crippen molar-refractivity contribution in [3.05, 3.63) is 88.7 Å². The molecule has 13 nitrogen and oxygen atoms in total. The lowest BCUT2D eigenvalue weighted by Crippen LogP contribution is -2.44. The van der Waals surface area contributed by atoms with Gasteiger partial charge in [0.05, 0.1) is 24.1 Å². The number of carboxylic acid groups (broad SMARTS) is 1. The predicted molar refractivity (Wildman–Crippen MR) is 173 cm³/mol. The number of carbonyl (C=O) groups is 5. The third-order valence-electron chi connectivity index (χ3n) is 7.63. The van der Waals surface area contributed by atoms with Crippen molar-refractivity contribution in [1.82, 2.24) is 16.0 Å². The van der Waals surface area contributed by atoms with Gasteiger partial charge in [-0.1, -0.05) is 18.2 Å². The zero-order valence-corrected chi connectivity index (χ0v) is 26.6. The fourth-order valence-electron chi connectivity index (χ4n) is 5.19. The van der Waals surface area contributed by atoms with Crippen molar-refractivity contribution < 1.29 is 46.3 Å². The van der Waals surface area contributed by atoms with Gasteiger partial charge in [0.2, 0.25) is 21.8 Å². The van der Waals surface area contributed by atoms with Crippen LogP contribution in [-0.2, 0) is 26.2 Å². The molecule has 0 atom stereocenters. The number of rotatable bonds is 12. The second-order valence-electron chi connectivity index (χ2n) is 11.3. The second-order valence-corrected chi connectivity index (χ2v) is 13.2. The first-order chi connectivity index (χ1) is 22.7. The lowest BCUT2D eigenvalue weighted by molar-refractivity contribution is -0.125. The van der Waals surface area contributed by atoms with E-state index in [2.05, 4.69) is 10.6 Å². The highest BCUT2D eigenvalue weighted by molar-refractivity contribution is 7.92. The number of ketones is 1. The molecule has 0 aliphatic heterocycles. The highest BCUT2D eigenvalue weighted by Gasteiger charge is 2.34. The Bertz CT molecular complexity index is 2060. The van der Waals surface area contributed by atoms with Crippen LogP contribution in [-0.4, -0.2) is 62.5 Å². The Morgan fingerprint density at radius 3 is 2.31 bits per heavy atom. The van der Waals surface area contributed by atoms with Crippen molar-refractivity contribution in [2.45, 2.75) is 32.2 Å². The van der Waals surface area contributed by atoms with Gasteiger partial charge < -0.3 is 20.2 Å². The first kappa shape index (κ1) is 33.8. The van der Waals surface area contributed by atoms with Crippen LogP contribution in [0.4, 0.5) is 14.9 Å². The summed E-state index contributed by atoms with van der Waals surface area (Å²) in [5.41, 5.74) is 1.91. The van der Waals surface area contributed by atoms with Crippen molar-refractivity contribution in [2.75, 3.05) is 23.7 Å². The molecule has 4 amide bonds. The Kier molecular flexibility index (Phi) is 9.61. The molecule has 0 radical (unpaired) electrons. The van der Waals surface area contributed by atoms with Crippen molar-refractivity contribution in [2.24, 2.45) is 0 Å². The van der Waals surface area contributed by atoms with E-state index in [4.69, 9.17) is 4.42 Å². The molecule has 0 spiro atoms. The Balaban J connectivity index is 1.42. The molecule has 0 unspecified atom stereocenters. The minimum Gasteiger partial charge on any atom is -0.465 e. The first-order valence-corrected chi connectivity index (χ1v) is 16.6. The summed E-state index contributed by atoms with van der Waals surface area (Å²) in [5.74, 6) is -3.18. The van der Waals surface area contributed by atoms with Gasteiger partial charge in [-0.25, -0.2) is 17.6 Å². The van der Waals surface area contributed by atoms with Crippen LogP contribution in [0.1, 0.15) is 57.5 Å². The molecule has 1 heterocycles. The van der Waals surface area contributed by atoms with Gasteiger partial charge >= 0.3 is 6.09 Å². The van der Waals surface area contributed by atoms with Gasteiger partial charge in [-0.3, -0.25) is 28.8 Å². The molecule has 1 fully saturated rings. The lowest BCUT2D eigenvalue weighted by Gasteiger charge is -2.24. The number of hydrogen-bond donors (Lipinski definition) is 4. The van der Waals surface area contributed by atoms with Gasteiger partial charge in [0.1, 0.15) is 23.7 Å². The average molecular weight is 679 g/mol. The molecule has 0 saturated heterocycles. The normalized spacial score (nSPS) is 12.7. The van der Waals surface area contributed by atoms with E-state index < -0.39 is 52.7 Å². The highest BCUT2D eigenvalue weighted by atomic mass is 32.2. The van der Waals surface area contributed by atoms with Crippen LogP contribution >= 0.6 is 0 Å². The molecule has 3 aromatic carbocycles. The third-order valence-corrected chi connectivity index (χ3v) is 8.76. The zero-order chi connectivity index (χ0) is 34.7. The maximum absolute atomic E-state index is 13.7. The molecule has 1 aliphatic rings. The number of anilines is 1. The van der Waals surface area contributed by atoms with Crippen molar-refractivity contribution in [3.63, 3.8) is 0 Å². The molecule has 250 valence electrons. The van der Waals surface area contributed by atoms with Gasteiger partial charge in [-0.05, 0) is 73.2 Å². The van der Waals surface area contributed by atoms with Crippen molar-refractivity contribution in [3.8, 4) is 11.3 Å². The molecular weight excluding hydrogens is 647 g/mol. The molecule has 0 bridgehead atoms. The molecule has 1 saturated carbocycles. The number of furan rings is 1. The minimum atomic E-state index is -4.09. The number of sulfonamides is 1. The number of hydrogen-bond acceptors (Lipinski definition) is 8. The summed E-state index contributed by atoms with van der Waals surface area (Å²) in [7, 11) is -4.09. The quantitative estimate of drug-likeness (QED) is 0.161. The summed E-state index contributed by atoms with van der Waals surface area (Å²) in [5, 5.41) is 16.3. The SMILES string of the molecule is CC(=O)c1cccc(CNC(=O)CNC(=O)CN(c2cc3oc(-c4ccc(F)cc4)c(C(=O)NC(=O)O)c3cc2C2CC2)S(C)(=O)=O)c1. The maximum Gasteiger partial charge on any atom is 0.411 e. The summed E-state index contributed by atoms with van der Waals surface area (Å²) < 4.78 is 46.7. The van der Waals surface area contributed by atoms with Crippen molar-refractivity contribution >= 4 is 56.3 Å². The van der Waals surface area contributed by atoms with Crippen LogP contribution in [0.25, 0.3) is 22.3 Å². The van der Waals surface area contributed by atoms with E-state index >= 15 is 0 Å². The Labute approximate surface area is 274 Å². The van der Waals surface area contributed by atoms with Crippen LogP contribution in [0, 0.1) is 5.82 Å². The van der Waals surface area contributed by atoms with Gasteiger partial charge in [-0.2, -0.15) is 0 Å². The van der Waals surface area contributed by atoms with Gasteiger partial charge in [0.25, 0.3) is 5.91 Å². The summed E-state index contributed by atoms with van der Waals surface area (Å²) in [4.78, 5) is 61.5. The molecule has 48 heavy (non-hydrogen) atoms. The van der Waals surface area contributed by atoms with E-state index in [1.54, 1.807) is 35.6 Å². The fourth-order valence-corrected chi connectivity index (χ4v) is 6.05. The zero-order valence-electron chi connectivity index (χ0n) is 25.8. The van der Waals surface area contributed by atoms with Crippen LogP contribution in [0.2, 0.25) is 0 Å². The molecular formula is C33H31FN4O9S. The maximum atomic E-state index is 13.7. The summed E-state index contributed by atoms with van der Waals surface area (Å²) in [6.45, 7) is 0.400. The highest BCUT2D eigenvalue weighted by Crippen LogP contribution is 2.48. The van der Waals surface area contributed by atoms with E-state index in [9.17, 15) is 41.9 Å². The first-order valence-electron chi connectivity index (χ1n) is 14.7. The molecule has 5 rings (SSSR count). The van der Waals surface area contributed by atoms with E-state index in [0.29, 0.717) is 29.5 Å². The summed E-state index contributed by atoms with van der Waals surface area (Å²) in [6.07, 6.45) is 0.693. The number of amides is 4. The smallest absolute Gasteiger partial charge is 0.411 e. The lowest BCUT2D eigenvalue weighted by atomic mass is 10.0. The van der Waals surface area contributed by atoms with Crippen LogP contribution in [0.5, 0.6) is 0 Å².